The molecule has 4 nitrogen and oxygen atoms in total. The SMILES string of the molecule is CCc1ccccc1NC(=O)c1cc(Cl)c2c(c1)OCCO2. The van der Waals surface area contributed by atoms with Crippen LogP contribution in [0, 0.1) is 0 Å². The standard InChI is InChI=1S/C17H16ClNO3/c1-2-11-5-3-4-6-14(11)19-17(20)12-9-13(18)16-15(10-12)21-7-8-22-16/h3-6,9-10H,2,7-8H2,1H3,(H,19,20). The van der Waals surface area contributed by atoms with E-state index >= 15 is 0 Å². The number of rotatable bonds is 3. The predicted octanol–water partition coefficient (Wildman–Crippen LogP) is 3.93. The highest BCUT2D eigenvalue weighted by atomic mass is 35.5. The van der Waals surface area contributed by atoms with E-state index in [1.54, 1.807) is 12.1 Å². The van der Waals surface area contributed by atoms with Crippen molar-refractivity contribution in [3.05, 3.63) is 52.5 Å². The van der Waals surface area contributed by atoms with E-state index in [0.29, 0.717) is 35.3 Å². The first-order valence-electron chi connectivity index (χ1n) is 7.17. The Labute approximate surface area is 134 Å². The molecule has 1 aliphatic rings. The number of ether oxygens (including phenoxy) is 2. The van der Waals surface area contributed by atoms with Crippen LogP contribution in [-0.4, -0.2) is 19.1 Å². The summed E-state index contributed by atoms with van der Waals surface area (Å²) in [6, 6.07) is 11.0. The number of halogens is 1. The molecule has 0 atom stereocenters. The molecule has 114 valence electrons. The number of hydrogen-bond donors (Lipinski definition) is 1. The van der Waals surface area contributed by atoms with Crippen LogP contribution in [0.4, 0.5) is 5.69 Å². The molecule has 1 N–H and O–H groups in total. The highest BCUT2D eigenvalue weighted by Gasteiger charge is 2.19. The van der Waals surface area contributed by atoms with E-state index in [1.807, 2.05) is 31.2 Å². The van der Waals surface area contributed by atoms with E-state index < -0.39 is 0 Å². The Bertz CT molecular complexity index is 715. The lowest BCUT2D eigenvalue weighted by atomic mass is 10.1. The third-order valence-corrected chi connectivity index (χ3v) is 3.79. The van der Waals surface area contributed by atoms with Gasteiger partial charge in [-0.2, -0.15) is 0 Å². The Morgan fingerprint density at radius 1 is 1.23 bits per heavy atom. The molecule has 0 unspecified atom stereocenters. The second kappa shape index (κ2) is 6.28. The molecule has 5 heteroatoms. The lowest BCUT2D eigenvalue weighted by Gasteiger charge is -2.20. The molecule has 0 saturated heterocycles. The van der Waals surface area contributed by atoms with Gasteiger partial charge in [0, 0.05) is 11.3 Å². The highest BCUT2D eigenvalue weighted by Crippen LogP contribution is 2.38. The quantitative estimate of drug-likeness (QED) is 0.933. The summed E-state index contributed by atoms with van der Waals surface area (Å²) in [6.07, 6.45) is 0.846. The van der Waals surface area contributed by atoms with Gasteiger partial charge in [0.1, 0.15) is 13.2 Å². The molecule has 2 aromatic rings. The molecular weight excluding hydrogens is 302 g/mol. The van der Waals surface area contributed by atoms with Gasteiger partial charge in [-0.1, -0.05) is 36.7 Å². The second-order valence-corrected chi connectivity index (χ2v) is 5.35. The van der Waals surface area contributed by atoms with Crippen molar-refractivity contribution in [2.75, 3.05) is 18.5 Å². The van der Waals surface area contributed by atoms with E-state index in [2.05, 4.69) is 5.32 Å². The third kappa shape index (κ3) is 2.88. The molecule has 0 fully saturated rings. The number of fused-ring (bicyclic) bond motifs is 1. The maximum absolute atomic E-state index is 12.5. The largest absolute Gasteiger partial charge is 0.486 e. The number of amides is 1. The summed E-state index contributed by atoms with van der Waals surface area (Å²) in [6.45, 7) is 2.96. The Balaban J connectivity index is 1.88. The van der Waals surface area contributed by atoms with E-state index in [0.717, 1.165) is 17.7 Å². The summed E-state index contributed by atoms with van der Waals surface area (Å²) < 4.78 is 11.0. The van der Waals surface area contributed by atoms with Gasteiger partial charge in [0.2, 0.25) is 0 Å². The number of carbonyl (C=O) groups excluding carboxylic acids is 1. The number of para-hydroxylation sites is 1. The van der Waals surface area contributed by atoms with Gasteiger partial charge in [-0.05, 0) is 30.2 Å². The van der Waals surface area contributed by atoms with Gasteiger partial charge in [-0.15, -0.1) is 0 Å². The molecule has 1 aliphatic heterocycles. The third-order valence-electron chi connectivity index (χ3n) is 3.51. The summed E-state index contributed by atoms with van der Waals surface area (Å²) in [4.78, 5) is 12.5. The first-order chi connectivity index (χ1) is 10.7. The minimum Gasteiger partial charge on any atom is -0.486 e. The van der Waals surface area contributed by atoms with Gasteiger partial charge >= 0.3 is 0 Å². The first-order valence-corrected chi connectivity index (χ1v) is 7.55. The van der Waals surface area contributed by atoms with Crippen molar-refractivity contribution in [1.82, 2.24) is 0 Å². The van der Waals surface area contributed by atoms with Crippen LogP contribution in [0.1, 0.15) is 22.8 Å². The number of anilines is 1. The summed E-state index contributed by atoms with van der Waals surface area (Å²) in [7, 11) is 0. The summed E-state index contributed by atoms with van der Waals surface area (Å²) in [5.41, 5.74) is 2.33. The van der Waals surface area contributed by atoms with Crippen LogP contribution >= 0.6 is 11.6 Å². The first kappa shape index (κ1) is 14.7. The van der Waals surface area contributed by atoms with Crippen LogP contribution in [0.5, 0.6) is 11.5 Å². The Kier molecular flexibility index (Phi) is 4.20. The number of aryl methyl sites for hydroxylation is 1. The van der Waals surface area contributed by atoms with Crippen LogP contribution in [0.2, 0.25) is 5.02 Å². The average Bonchev–Trinajstić information content (AvgIpc) is 2.55. The molecule has 0 radical (unpaired) electrons. The zero-order valence-corrected chi connectivity index (χ0v) is 12.9. The molecule has 3 rings (SSSR count). The van der Waals surface area contributed by atoms with Crippen LogP contribution < -0.4 is 14.8 Å². The zero-order valence-electron chi connectivity index (χ0n) is 12.2. The number of nitrogens with one attached hydrogen (secondary N) is 1. The molecule has 1 amide bonds. The van der Waals surface area contributed by atoms with Crippen molar-refractivity contribution in [3.8, 4) is 11.5 Å². The summed E-state index contributed by atoms with van der Waals surface area (Å²) in [5.74, 6) is 0.783. The molecule has 22 heavy (non-hydrogen) atoms. The van der Waals surface area contributed by atoms with Crippen LogP contribution in [0.15, 0.2) is 36.4 Å². The van der Waals surface area contributed by atoms with Crippen LogP contribution in [0.3, 0.4) is 0 Å². The lowest BCUT2D eigenvalue weighted by molar-refractivity contribution is 0.102. The maximum Gasteiger partial charge on any atom is 0.255 e. The Hall–Kier alpha value is -2.20. The maximum atomic E-state index is 12.5. The van der Waals surface area contributed by atoms with Gasteiger partial charge in [0.05, 0.1) is 5.02 Å². The van der Waals surface area contributed by atoms with Crippen molar-refractivity contribution in [2.45, 2.75) is 13.3 Å². The lowest BCUT2D eigenvalue weighted by Crippen LogP contribution is -2.18. The van der Waals surface area contributed by atoms with E-state index in [9.17, 15) is 4.79 Å². The van der Waals surface area contributed by atoms with E-state index in [-0.39, 0.29) is 5.91 Å². The number of hydrogen-bond acceptors (Lipinski definition) is 3. The summed E-state index contributed by atoms with van der Waals surface area (Å²) in [5, 5.41) is 3.30. The summed E-state index contributed by atoms with van der Waals surface area (Å²) >= 11 is 6.17. The second-order valence-electron chi connectivity index (χ2n) is 4.95. The van der Waals surface area contributed by atoms with Crippen LogP contribution in [-0.2, 0) is 6.42 Å². The van der Waals surface area contributed by atoms with E-state index in [4.69, 9.17) is 21.1 Å². The minimum absolute atomic E-state index is 0.222. The van der Waals surface area contributed by atoms with Gasteiger partial charge in [-0.25, -0.2) is 0 Å². The monoisotopic (exact) mass is 317 g/mol. The Morgan fingerprint density at radius 2 is 2.00 bits per heavy atom. The fourth-order valence-electron chi connectivity index (χ4n) is 2.39. The minimum atomic E-state index is -0.222. The van der Waals surface area contributed by atoms with Crippen molar-refractivity contribution >= 4 is 23.2 Å². The molecular formula is C17H16ClNO3. The van der Waals surface area contributed by atoms with E-state index in [1.165, 1.54) is 0 Å². The average molecular weight is 318 g/mol. The molecule has 0 spiro atoms. The molecule has 1 heterocycles. The van der Waals surface area contributed by atoms with Gasteiger partial charge in [0.25, 0.3) is 5.91 Å². The highest BCUT2D eigenvalue weighted by molar-refractivity contribution is 6.32. The molecule has 0 saturated carbocycles. The van der Waals surface area contributed by atoms with Gasteiger partial charge < -0.3 is 14.8 Å². The zero-order chi connectivity index (χ0) is 15.5. The molecule has 0 bridgehead atoms. The molecule has 0 aliphatic carbocycles. The van der Waals surface area contributed by atoms with Crippen LogP contribution in [0.25, 0.3) is 0 Å². The van der Waals surface area contributed by atoms with Gasteiger partial charge in [-0.3, -0.25) is 4.79 Å². The smallest absolute Gasteiger partial charge is 0.255 e. The topological polar surface area (TPSA) is 47.6 Å². The molecule has 2 aromatic carbocycles. The fourth-order valence-corrected chi connectivity index (χ4v) is 2.65. The van der Waals surface area contributed by atoms with Crippen molar-refractivity contribution in [1.29, 1.82) is 0 Å². The normalized spacial score (nSPS) is 12.8. The predicted molar refractivity (Wildman–Crippen MR) is 86.2 cm³/mol. The fraction of sp³-hybridized carbons (Fsp3) is 0.235. The molecule has 0 aromatic heterocycles. The van der Waals surface area contributed by atoms with Crippen molar-refractivity contribution in [2.24, 2.45) is 0 Å². The van der Waals surface area contributed by atoms with Crippen molar-refractivity contribution in [3.63, 3.8) is 0 Å². The van der Waals surface area contributed by atoms with Crippen molar-refractivity contribution < 1.29 is 14.3 Å². The number of carbonyl (C=O) groups is 1. The van der Waals surface area contributed by atoms with Gasteiger partial charge in [0.15, 0.2) is 11.5 Å². The number of benzene rings is 2. The Morgan fingerprint density at radius 3 is 2.82 bits per heavy atom.